The molecule has 2 N–H and O–H groups in total. The van der Waals surface area contributed by atoms with Crippen LogP contribution >= 0.6 is 11.6 Å². The van der Waals surface area contributed by atoms with E-state index in [0.29, 0.717) is 19.4 Å². The molecule has 0 bridgehead atoms. The van der Waals surface area contributed by atoms with Crippen LogP contribution in [0.1, 0.15) is 19.8 Å². The molecule has 21 heavy (non-hydrogen) atoms. The van der Waals surface area contributed by atoms with Crippen molar-refractivity contribution in [2.75, 3.05) is 11.9 Å². The molecule has 1 saturated heterocycles. The Morgan fingerprint density at radius 3 is 2.81 bits per heavy atom. The third kappa shape index (κ3) is 3.44. The minimum atomic E-state index is -1.06. The van der Waals surface area contributed by atoms with E-state index in [1.165, 1.54) is 23.1 Å². The summed E-state index contributed by atoms with van der Waals surface area (Å²) >= 11 is 5.85. The van der Waals surface area contributed by atoms with Crippen molar-refractivity contribution in [1.82, 2.24) is 4.90 Å². The van der Waals surface area contributed by atoms with Crippen molar-refractivity contribution in [1.29, 1.82) is 0 Å². The largest absolute Gasteiger partial charge is 0.480 e. The number of carboxylic acid groups (broad SMARTS) is 1. The average Bonchev–Trinajstić information content (AvgIpc) is 2.42. The molecule has 0 aliphatic carbocycles. The molecule has 2 rings (SSSR count). The zero-order valence-electron chi connectivity index (χ0n) is 11.5. The van der Waals surface area contributed by atoms with Gasteiger partial charge in [-0.2, -0.15) is 0 Å². The van der Waals surface area contributed by atoms with Crippen molar-refractivity contribution in [3.8, 4) is 0 Å². The third-order valence-electron chi connectivity index (χ3n) is 3.61. The van der Waals surface area contributed by atoms with Gasteiger partial charge < -0.3 is 15.3 Å². The second-order valence-electron chi connectivity index (χ2n) is 5.20. The summed E-state index contributed by atoms with van der Waals surface area (Å²) in [4.78, 5) is 24.7. The van der Waals surface area contributed by atoms with E-state index in [0.717, 1.165) is 0 Å². The summed E-state index contributed by atoms with van der Waals surface area (Å²) in [5, 5.41) is 11.7. The third-order valence-corrected chi connectivity index (χ3v) is 3.92. The van der Waals surface area contributed by atoms with E-state index in [-0.39, 0.29) is 16.6 Å². The van der Waals surface area contributed by atoms with E-state index in [2.05, 4.69) is 5.32 Å². The van der Waals surface area contributed by atoms with Crippen molar-refractivity contribution in [3.63, 3.8) is 0 Å². The van der Waals surface area contributed by atoms with Crippen LogP contribution in [-0.2, 0) is 4.79 Å². The molecule has 0 saturated carbocycles. The van der Waals surface area contributed by atoms with Crippen LogP contribution in [0.5, 0.6) is 0 Å². The quantitative estimate of drug-likeness (QED) is 0.880. The minimum absolute atomic E-state index is 0.0700. The number of rotatable bonds is 2. The number of carbonyl (C=O) groups excluding carboxylic acids is 1. The SMILES string of the molecule is CC1CCN(C(=O)Nc2c(F)cccc2Cl)C(C(=O)O)C1. The molecular formula is C14H16ClFN2O3. The maximum Gasteiger partial charge on any atom is 0.326 e. The number of halogens is 2. The number of benzene rings is 1. The highest BCUT2D eigenvalue weighted by atomic mass is 35.5. The summed E-state index contributed by atoms with van der Waals surface area (Å²) in [6.45, 7) is 2.26. The van der Waals surface area contributed by atoms with Gasteiger partial charge in [-0.25, -0.2) is 14.0 Å². The number of carbonyl (C=O) groups is 2. The highest BCUT2D eigenvalue weighted by molar-refractivity contribution is 6.33. The molecule has 0 radical (unpaired) electrons. The Labute approximate surface area is 126 Å². The first-order valence-corrected chi connectivity index (χ1v) is 7.02. The lowest BCUT2D eigenvalue weighted by Crippen LogP contribution is -2.51. The predicted octanol–water partition coefficient (Wildman–Crippen LogP) is 3.20. The number of hydrogen-bond donors (Lipinski definition) is 2. The summed E-state index contributed by atoms with van der Waals surface area (Å²) < 4.78 is 13.7. The summed E-state index contributed by atoms with van der Waals surface area (Å²) in [6.07, 6.45) is 1.09. The van der Waals surface area contributed by atoms with Gasteiger partial charge >= 0.3 is 12.0 Å². The van der Waals surface area contributed by atoms with E-state index >= 15 is 0 Å². The Kier molecular flexibility index (Phi) is 4.67. The van der Waals surface area contributed by atoms with E-state index in [4.69, 9.17) is 11.6 Å². The molecule has 7 heteroatoms. The summed E-state index contributed by atoms with van der Waals surface area (Å²) in [7, 11) is 0. The van der Waals surface area contributed by atoms with Crippen LogP contribution in [0.25, 0.3) is 0 Å². The van der Waals surface area contributed by atoms with Gasteiger partial charge in [-0.3, -0.25) is 0 Å². The maximum atomic E-state index is 13.7. The lowest BCUT2D eigenvalue weighted by molar-refractivity contribution is -0.143. The van der Waals surface area contributed by atoms with E-state index in [1.807, 2.05) is 6.92 Å². The number of nitrogens with one attached hydrogen (secondary N) is 1. The van der Waals surface area contributed by atoms with Crippen molar-refractivity contribution < 1.29 is 19.1 Å². The topological polar surface area (TPSA) is 69.6 Å². The number of aliphatic carboxylic acids is 1. The molecule has 2 unspecified atom stereocenters. The molecule has 1 aromatic carbocycles. The summed E-state index contributed by atoms with van der Waals surface area (Å²) in [5.41, 5.74) is -0.132. The number of urea groups is 1. The Balaban J connectivity index is 2.17. The van der Waals surface area contributed by atoms with Crippen LogP contribution in [0.2, 0.25) is 5.02 Å². The monoisotopic (exact) mass is 314 g/mol. The van der Waals surface area contributed by atoms with Crippen LogP contribution in [-0.4, -0.2) is 34.6 Å². The molecule has 5 nitrogen and oxygen atoms in total. The zero-order valence-corrected chi connectivity index (χ0v) is 12.2. The lowest BCUT2D eigenvalue weighted by atomic mass is 9.93. The first kappa shape index (κ1) is 15.6. The van der Waals surface area contributed by atoms with Gasteiger partial charge in [0.05, 0.1) is 10.7 Å². The standard InChI is InChI=1S/C14H16ClFN2O3/c1-8-5-6-18(11(7-8)13(19)20)14(21)17-12-9(15)3-2-4-10(12)16/h2-4,8,11H,5-7H2,1H3,(H,17,21)(H,19,20). The average molecular weight is 315 g/mol. The molecule has 1 aliphatic heterocycles. The Morgan fingerprint density at radius 2 is 2.19 bits per heavy atom. The molecule has 1 heterocycles. The number of para-hydroxylation sites is 1. The minimum Gasteiger partial charge on any atom is -0.480 e. The normalized spacial score (nSPS) is 22.0. The fourth-order valence-corrected chi connectivity index (χ4v) is 2.62. The Morgan fingerprint density at radius 1 is 1.48 bits per heavy atom. The Bertz CT molecular complexity index is 547. The number of carboxylic acids is 1. The first-order chi connectivity index (χ1) is 9.90. The van der Waals surface area contributed by atoms with Gasteiger partial charge in [0, 0.05) is 6.54 Å². The lowest BCUT2D eigenvalue weighted by Gasteiger charge is -2.35. The van der Waals surface area contributed by atoms with Gasteiger partial charge in [0.25, 0.3) is 0 Å². The summed E-state index contributed by atoms with van der Waals surface area (Å²) in [5.74, 6) is -1.49. The smallest absolute Gasteiger partial charge is 0.326 e. The van der Waals surface area contributed by atoms with Gasteiger partial charge in [0.15, 0.2) is 0 Å². The van der Waals surface area contributed by atoms with Crippen LogP contribution in [0.3, 0.4) is 0 Å². The first-order valence-electron chi connectivity index (χ1n) is 6.64. The molecule has 0 spiro atoms. The second-order valence-corrected chi connectivity index (χ2v) is 5.61. The van der Waals surface area contributed by atoms with E-state index in [9.17, 15) is 19.1 Å². The van der Waals surface area contributed by atoms with Crippen LogP contribution in [0.4, 0.5) is 14.9 Å². The van der Waals surface area contributed by atoms with Gasteiger partial charge in [-0.15, -0.1) is 0 Å². The highest BCUT2D eigenvalue weighted by Gasteiger charge is 2.35. The van der Waals surface area contributed by atoms with Gasteiger partial charge in [0.2, 0.25) is 0 Å². The van der Waals surface area contributed by atoms with Crippen LogP contribution in [0.15, 0.2) is 18.2 Å². The molecular weight excluding hydrogens is 299 g/mol. The van der Waals surface area contributed by atoms with Crippen LogP contribution < -0.4 is 5.32 Å². The van der Waals surface area contributed by atoms with Crippen molar-refractivity contribution in [2.45, 2.75) is 25.8 Å². The van der Waals surface area contributed by atoms with Crippen molar-refractivity contribution in [3.05, 3.63) is 29.0 Å². The van der Waals surface area contributed by atoms with E-state index in [1.54, 1.807) is 0 Å². The second kappa shape index (κ2) is 6.30. The molecule has 2 atom stereocenters. The van der Waals surface area contributed by atoms with Crippen molar-refractivity contribution in [2.24, 2.45) is 5.92 Å². The predicted molar refractivity (Wildman–Crippen MR) is 77.0 cm³/mol. The fraction of sp³-hybridized carbons (Fsp3) is 0.429. The van der Waals surface area contributed by atoms with E-state index < -0.39 is 23.9 Å². The molecule has 2 amide bonds. The molecule has 1 aliphatic rings. The van der Waals surface area contributed by atoms with Crippen molar-refractivity contribution >= 4 is 29.3 Å². The fourth-order valence-electron chi connectivity index (χ4n) is 2.41. The summed E-state index contributed by atoms with van der Waals surface area (Å²) in [6, 6.07) is 2.50. The highest BCUT2D eigenvalue weighted by Crippen LogP contribution is 2.27. The molecule has 114 valence electrons. The number of likely N-dealkylation sites (tertiary alicyclic amines) is 1. The molecule has 1 aromatic rings. The Hall–Kier alpha value is -1.82. The zero-order chi connectivity index (χ0) is 15.6. The van der Waals surface area contributed by atoms with Gasteiger partial charge in [-0.1, -0.05) is 24.6 Å². The number of anilines is 1. The van der Waals surface area contributed by atoms with Gasteiger partial charge in [-0.05, 0) is 30.9 Å². The number of hydrogen-bond acceptors (Lipinski definition) is 2. The van der Waals surface area contributed by atoms with Crippen LogP contribution in [0, 0.1) is 11.7 Å². The molecule has 0 aromatic heterocycles. The number of nitrogens with zero attached hydrogens (tertiary/aromatic N) is 1. The number of amides is 2. The number of piperidine rings is 1. The maximum absolute atomic E-state index is 13.7. The molecule has 1 fully saturated rings. The van der Waals surface area contributed by atoms with Gasteiger partial charge in [0.1, 0.15) is 11.9 Å².